The summed E-state index contributed by atoms with van der Waals surface area (Å²) in [6.07, 6.45) is 0. The van der Waals surface area contributed by atoms with E-state index in [2.05, 4.69) is 217 Å². The van der Waals surface area contributed by atoms with Crippen LogP contribution in [0, 0.1) is 0 Å². The number of hydrogen-bond donors (Lipinski definition) is 0. The topological polar surface area (TPSA) is 8.17 Å². The Morgan fingerprint density at radius 2 is 0.830 bits per heavy atom. The molecule has 0 aliphatic carbocycles. The molecule has 2 nitrogen and oxygen atoms in total. The van der Waals surface area contributed by atoms with Crippen molar-refractivity contribution in [3.63, 3.8) is 0 Å². The van der Waals surface area contributed by atoms with Crippen molar-refractivity contribution in [3.8, 4) is 39.1 Å². The van der Waals surface area contributed by atoms with Crippen molar-refractivity contribution in [1.82, 2.24) is 4.57 Å². The van der Waals surface area contributed by atoms with Crippen molar-refractivity contribution >= 4 is 38.9 Å². The van der Waals surface area contributed by atoms with Crippen LogP contribution in [0.4, 0.5) is 17.1 Å². The molecule has 0 bridgehead atoms. The number of fused-ring (bicyclic) bond motifs is 5. The van der Waals surface area contributed by atoms with Crippen LogP contribution in [-0.4, -0.2) is 4.57 Å². The van der Waals surface area contributed by atoms with Crippen LogP contribution in [0.25, 0.3) is 60.9 Å². The molecule has 0 N–H and O–H groups in total. The van der Waals surface area contributed by atoms with Gasteiger partial charge in [0, 0.05) is 33.2 Å². The fourth-order valence-corrected chi connectivity index (χ4v) is 8.46. The Hall–Kier alpha value is -6.64. The molecule has 0 radical (unpaired) electrons. The predicted octanol–water partition coefficient (Wildman–Crippen LogP) is 13.9. The summed E-state index contributed by atoms with van der Waals surface area (Å²) < 4.78 is 2.48. The molecule has 0 unspecified atom stereocenters. The molecule has 0 spiro atoms. The molecule has 0 amide bonds. The third-order valence-corrected chi connectivity index (χ3v) is 11.2. The molecule has 0 saturated carbocycles. The molecule has 0 atom stereocenters. The second kappa shape index (κ2) is 12.3. The van der Waals surface area contributed by atoms with Crippen LogP contribution < -0.4 is 4.90 Å². The first-order valence-electron chi connectivity index (χ1n) is 18.4. The predicted molar refractivity (Wildman–Crippen MR) is 224 cm³/mol. The number of benzene rings is 8. The molecule has 1 aliphatic heterocycles. The summed E-state index contributed by atoms with van der Waals surface area (Å²) in [5.74, 6) is 0. The minimum atomic E-state index is -0.0747. The highest BCUT2D eigenvalue weighted by atomic mass is 15.1. The molecule has 252 valence electrons. The van der Waals surface area contributed by atoms with Crippen LogP contribution >= 0.6 is 0 Å². The summed E-state index contributed by atoms with van der Waals surface area (Å²) in [5.41, 5.74) is 17.1. The van der Waals surface area contributed by atoms with Gasteiger partial charge in [0.1, 0.15) is 0 Å². The summed E-state index contributed by atoms with van der Waals surface area (Å²) in [6, 6.07) is 70.7. The van der Waals surface area contributed by atoms with Crippen LogP contribution in [-0.2, 0) is 5.41 Å². The molecule has 2 heterocycles. The molecule has 0 fully saturated rings. The van der Waals surface area contributed by atoms with Crippen LogP contribution in [0.15, 0.2) is 194 Å². The summed E-state index contributed by atoms with van der Waals surface area (Å²) in [7, 11) is 0. The first kappa shape index (κ1) is 31.1. The van der Waals surface area contributed by atoms with Gasteiger partial charge in [-0.15, -0.1) is 0 Å². The minimum Gasteiger partial charge on any atom is -0.311 e. The maximum absolute atomic E-state index is 2.48. The molecule has 10 rings (SSSR count). The highest BCUT2D eigenvalue weighted by molar-refractivity contribution is 6.12. The maximum Gasteiger partial charge on any atom is 0.0582 e. The minimum absolute atomic E-state index is 0.0747. The Bertz CT molecular complexity index is 2670. The van der Waals surface area contributed by atoms with Crippen molar-refractivity contribution in [2.24, 2.45) is 0 Å². The zero-order valence-corrected chi connectivity index (χ0v) is 29.9. The van der Waals surface area contributed by atoms with Gasteiger partial charge >= 0.3 is 0 Å². The number of nitrogens with zero attached hydrogens (tertiary/aromatic N) is 2. The van der Waals surface area contributed by atoms with E-state index in [1.807, 2.05) is 0 Å². The summed E-state index contributed by atoms with van der Waals surface area (Å²) >= 11 is 0. The maximum atomic E-state index is 2.48. The summed E-state index contributed by atoms with van der Waals surface area (Å²) in [5, 5.41) is 2.59. The lowest BCUT2D eigenvalue weighted by Crippen LogP contribution is -2.26. The molecular weight excluding hydrogens is 641 g/mol. The fourth-order valence-electron chi connectivity index (χ4n) is 8.46. The van der Waals surface area contributed by atoms with E-state index in [-0.39, 0.29) is 5.41 Å². The van der Waals surface area contributed by atoms with E-state index in [9.17, 15) is 0 Å². The molecule has 0 saturated heterocycles. The smallest absolute Gasteiger partial charge is 0.0582 e. The van der Waals surface area contributed by atoms with Gasteiger partial charge in [-0.05, 0) is 99.1 Å². The van der Waals surface area contributed by atoms with Crippen molar-refractivity contribution < 1.29 is 0 Å². The standard InChI is InChI=1S/C51H38N2/c1-51(2)46-17-9-10-19-49(46)53-48-33-26-40(34-45(48)44-16-11-18-47(51)50(44)53)39-24-31-43(32-25-39)52(41-27-20-37(21-28-41)35-12-5-3-6-13-35)42-29-22-38(23-30-42)36-14-7-4-8-15-36/h3-34H,1-2H3. The van der Waals surface area contributed by atoms with Crippen molar-refractivity contribution in [2.75, 3.05) is 4.90 Å². The van der Waals surface area contributed by atoms with Gasteiger partial charge in [-0.25, -0.2) is 0 Å². The normalized spacial score (nSPS) is 12.9. The van der Waals surface area contributed by atoms with Crippen molar-refractivity contribution in [3.05, 3.63) is 205 Å². The van der Waals surface area contributed by atoms with E-state index in [0.717, 1.165) is 17.1 Å². The van der Waals surface area contributed by atoms with Crippen molar-refractivity contribution in [2.45, 2.75) is 19.3 Å². The van der Waals surface area contributed by atoms with E-state index >= 15 is 0 Å². The van der Waals surface area contributed by atoms with Crippen LogP contribution in [0.5, 0.6) is 0 Å². The average Bonchev–Trinajstić information content (AvgIpc) is 3.56. The number of aromatic nitrogens is 1. The second-order valence-electron chi connectivity index (χ2n) is 14.6. The molecule has 2 heteroatoms. The third kappa shape index (κ3) is 5.10. The Balaban J connectivity index is 1.05. The van der Waals surface area contributed by atoms with Crippen molar-refractivity contribution in [1.29, 1.82) is 0 Å². The lowest BCUT2D eigenvalue weighted by molar-refractivity contribution is 0.630. The van der Waals surface area contributed by atoms with Gasteiger partial charge in [-0.3, -0.25) is 0 Å². The van der Waals surface area contributed by atoms with E-state index < -0.39 is 0 Å². The number of hydrogen-bond acceptors (Lipinski definition) is 1. The van der Waals surface area contributed by atoms with Gasteiger partial charge in [0.05, 0.1) is 16.7 Å². The number of anilines is 3. The average molecular weight is 679 g/mol. The van der Waals surface area contributed by atoms with Gasteiger partial charge in [0.25, 0.3) is 0 Å². The van der Waals surface area contributed by atoms with Gasteiger partial charge in [0.2, 0.25) is 0 Å². The SMILES string of the molecule is CC1(C)c2ccccc2-n2c3ccc(-c4ccc(N(c5ccc(-c6ccccc6)cc5)c5ccc(-c6ccccc6)cc5)cc4)cc3c3cccc1c32. The number of para-hydroxylation sites is 2. The van der Waals surface area contributed by atoms with E-state index in [1.165, 1.54) is 72.0 Å². The third-order valence-electron chi connectivity index (χ3n) is 11.2. The molecule has 53 heavy (non-hydrogen) atoms. The first-order chi connectivity index (χ1) is 26.0. The van der Waals surface area contributed by atoms with Gasteiger partial charge in [-0.2, -0.15) is 0 Å². The Morgan fingerprint density at radius 1 is 0.377 bits per heavy atom. The van der Waals surface area contributed by atoms with Gasteiger partial charge in [0.15, 0.2) is 0 Å². The first-order valence-corrected chi connectivity index (χ1v) is 18.4. The van der Waals surface area contributed by atoms with Crippen LogP contribution in [0.3, 0.4) is 0 Å². The molecule has 8 aromatic carbocycles. The lowest BCUT2D eigenvalue weighted by Gasteiger charge is -2.34. The molecular formula is C51H38N2. The monoisotopic (exact) mass is 678 g/mol. The highest BCUT2D eigenvalue weighted by Gasteiger charge is 2.34. The van der Waals surface area contributed by atoms with Crippen LogP contribution in [0.2, 0.25) is 0 Å². The quantitative estimate of drug-likeness (QED) is 0.170. The second-order valence-corrected chi connectivity index (χ2v) is 14.6. The fraction of sp³-hybridized carbons (Fsp3) is 0.0588. The zero-order chi connectivity index (χ0) is 35.5. The number of rotatable bonds is 6. The summed E-state index contributed by atoms with van der Waals surface area (Å²) in [4.78, 5) is 2.35. The Kier molecular flexibility index (Phi) is 7.19. The largest absolute Gasteiger partial charge is 0.311 e. The van der Waals surface area contributed by atoms with Gasteiger partial charge < -0.3 is 9.47 Å². The Morgan fingerprint density at radius 3 is 1.40 bits per heavy atom. The zero-order valence-electron chi connectivity index (χ0n) is 29.9. The lowest BCUT2D eigenvalue weighted by atomic mass is 9.75. The Labute approximate surface area is 310 Å². The van der Waals surface area contributed by atoms with E-state index in [4.69, 9.17) is 0 Å². The van der Waals surface area contributed by atoms with E-state index in [0.29, 0.717) is 0 Å². The highest BCUT2D eigenvalue weighted by Crippen LogP contribution is 2.48. The van der Waals surface area contributed by atoms with Crippen LogP contribution in [0.1, 0.15) is 25.0 Å². The molecule has 9 aromatic rings. The van der Waals surface area contributed by atoms with E-state index in [1.54, 1.807) is 0 Å². The molecule has 1 aliphatic rings. The van der Waals surface area contributed by atoms with Gasteiger partial charge in [-0.1, -0.05) is 153 Å². The summed E-state index contributed by atoms with van der Waals surface area (Å²) in [6.45, 7) is 4.71. The molecule has 1 aromatic heterocycles.